The van der Waals surface area contributed by atoms with Crippen LogP contribution in [0.3, 0.4) is 0 Å². The summed E-state index contributed by atoms with van der Waals surface area (Å²) in [4.78, 5) is 0. The maximum absolute atomic E-state index is 11.6. The molecule has 13 heavy (non-hydrogen) atoms. The van der Waals surface area contributed by atoms with Crippen molar-refractivity contribution in [2.45, 2.75) is 18.0 Å². The summed E-state index contributed by atoms with van der Waals surface area (Å²) in [5.74, 6) is -11.9. The summed E-state index contributed by atoms with van der Waals surface area (Å²) >= 11 is 0. The van der Waals surface area contributed by atoms with Crippen LogP contribution in [0.1, 0.15) is 0 Å². The van der Waals surface area contributed by atoms with E-state index in [1.54, 1.807) is 0 Å². The molecule has 0 atom stereocenters. The number of rotatable bonds is 2. The van der Waals surface area contributed by atoms with Gasteiger partial charge >= 0.3 is 47.6 Å². The fraction of sp³-hybridized carbons (Fsp3) is 1.00. The summed E-state index contributed by atoms with van der Waals surface area (Å²) in [6, 6.07) is 0. The van der Waals surface area contributed by atoms with Crippen LogP contribution in [0.2, 0.25) is 0 Å². The van der Waals surface area contributed by atoms with E-state index >= 15 is 0 Å². The number of alkyl halides is 7. The Bertz CT molecular complexity index is 164. The third kappa shape index (κ3) is 2.97. The SMILES string of the molecule is [Na+].[O-]CC(F)(F)C(F)(F)C(F)(F)F. The smallest absolute Gasteiger partial charge is 0.850 e. The van der Waals surface area contributed by atoms with E-state index in [-0.39, 0.29) is 29.6 Å². The van der Waals surface area contributed by atoms with Crippen molar-refractivity contribution in [2.75, 3.05) is 6.61 Å². The minimum atomic E-state index is -6.40. The average Bonchev–Trinajstić information content (AvgIpc) is 1.85. The van der Waals surface area contributed by atoms with Crippen molar-refractivity contribution in [3.8, 4) is 0 Å². The average molecular weight is 222 g/mol. The molecule has 0 heterocycles. The minimum absolute atomic E-state index is 0. The Hall–Kier alpha value is 0.470. The van der Waals surface area contributed by atoms with Gasteiger partial charge in [-0.25, -0.2) is 8.78 Å². The number of halogens is 7. The quantitative estimate of drug-likeness (QED) is 0.398. The second kappa shape index (κ2) is 4.33. The molecule has 0 N–H and O–H groups in total. The van der Waals surface area contributed by atoms with E-state index in [9.17, 15) is 35.8 Å². The monoisotopic (exact) mass is 222 g/mol. The van der Waals surface area contributed by atoms with Crippen LogP contribution in [0, 0.1) is 0 Å². The van der Waals surface area contributed by atoms with Crippen LogP contribution in [0.5, 0.6) is 0 Å². The molecule has 0 spiro atoms. The van der Waals surface area contributed by atoms with Crippen LogP contribution in [0.25, 0.3) is 0 Å². The fourth-order valence-electron chi connectivity index (χ4n) is 0.298. The predicted molar refractivity (Wildman–Crippen MR) is 20.8 cm³/mol. The Morgan fingerprint density at radius 1 is 0.846 bits per heavy atom. The normalized spacial score (nSPS) is 13.8. The molecule has 1 nitrogen and oxygen atoms in total. The number of hydrogen-bond donors (Lipinski definition) is 0. The topological polar surface area (TPSA) is 23.1 Å². The minimum Gasteiger partial charge on any atom is -0.850 e. The first-order valence-corrected chi connectivity index (χ1v) is 2.47. The van der Waals surface area contributed by atoms with Crippen LogP contribution in [0.4, 0.5) is 30.7 Å². The van der Waals surface area contributed by atoms with E-state index in [0.717, 1.165) is 0 Å². The van der Waals surface area contributed by atoms with Crippen molar-refractivity contribution in [3.05, 3.63) is 0 Å². The van der Waals surface area contributed by atoms with Gasteiger partial charge in [-0.3, -0.25) is 0 Å². The van der Waals surface area contributed by atoms with Crippen molar-refractivity contribution < 1.29 is 65.4 Å². The summed E-state index contributed by atoms with van der Waals surface area (Å²) in [5.41, 5.74) is 0. The third-order valence-electron chi connectivity index (χ3n) is 0.997. The zero-order valence-electron chi connectivity index (χ0n) is 6.26. The van der Waals surface area contributed by atoms with Gasteiger partial charge in [-0.15, -0.1) is 0 Å². The third-order valence-corrected chi connectivity index (χ3v) is 0.997. The first kappa shape index (κ1) is 15.9. The van der Waals surface area contributed by atoms with Crippen molar-refractivity contribution in [2.24, 2.45) is 0 Å². The predicted octanol–water partition coefficient (Wildman–Crippen LogP) is -1.82. The Balaban J connectivity index is 0. The molecule has 0 fully saturated rings. The van der Waals surface area contributed by atoms with Gasteiger partial charge in [-0.1, -0.05) is 6.61 Å². The Labute approximate surface area is 90.2 Å². The molecule has 0 unspecified atom stereocenters. The Kier molecular flexibility index (Phi) is 5.30. The van der Waals surface area contributed by atoms with E-state index in [1.165, 1.54) is 0 Å². The van der Waals surface area contributed by atoms with Gasteiger partial charge in [0.1, 0.15) is 0 Å². The fourth-order valence-corrected chi connectivity index (χ4v) is 0.298. The van der Waals surface area contributed by atoms with E-state index < -0.39 is 24.6 Å². The molecule has 0 saturated carbocycles. The van der Waals surface area contributed by atoms with Crippen molar-refractivity contribution >= 4 is 0 Å². The van der Waals surface area contributed by atoms with Gasteiger partial charge in [0.05, 0.1) is 0 Å². The largest absolute Gasteiger partial charge is 1.00 e. The molecule has 0 aromatic heterocycles. The van der Waals surface area contributed by atoms with Crippen LogP contribution >= 0.6 is 0 Å². The summed E-state index contributed by atoms with van der Waals surface area (Å²) in [7, 11) is 0. The Morgan fingerprint density at radius 2 is 1.15 bits per heavy atom. The Morgan fingerprint density at radius 3 is 1.23 bits per heavy atom. The molecule has 0 aliphatic heterocycles. The molecule has 0 bridgehead atoms. The molecule has 74 valence electrons. The van der Waals surface area contributed by atoms with E-state index in [2.05, 4.69) is 0 Å². The van der Waals surface area contributed by atoms with Crippen molar-refractivity contribution in [1.82, 2.24) is 0 Å². The van der Waals surface area contributed by atoms with Crippen LogP contribution in [-0.2, 0) is 0 Å². The van der Waals surface area contributed by atoms with E-state index in [0.29, 0.717) is 0 Å². The van der Waals surface area contributed by atoms with Crippen molar-refractivity contribution in [1.29, 1.82) is 0 Å². The van der Waals surface area contributed by atoms with E-state index in [4.69, 9.17) is 0 Å². The second-order valence-electron chi connectivity index (χ2n) is 1.92. The summed E-state index contributed by atoms with van der Waals surface area (Å²) < 4.78 is 80.0. The van der Waals surface area contributed by atoms with Gasteiger partial charge in [0, 0.05) is 0 Å². The molecule has 0 amide bonds. The number of hydrogen-bond acceptors (Lipinski definition) is 1. The van der Waals surface area contributed by atoms with E-state index in [1.807, 2.05) is 0 Å². The first-order valence-electron chi connectivity index (χ1n) is 2.47. The summed E-state index contributed by atoms with van der Waals surface area (Å²) in [5, 5.41) is 9.31. The first-order chi connectivity index (χ1) is 5.06. The van der Waals surface area contributed by atoms with Gasteiger partial charge in [0.25, 0.3) is 0 Å². The van der Waals surface area contributed by atoms with Crippen LogP contribution in [0.15, 0.2) is 0 Å². The summed E-state index contributed by atoms with van der Waals surface area (Å²) in [6.07, 6.45) is -6.40. The van der Waals surface area contributed by atoms with Gasteiger partial charge in [0.2, 0.25) is 0 Å². The molecule has 0 saturated heterocycles. The molecule has 9 heteroatoms. The van der Waals surface area contributed by atoms with Gasteiger partial charge in [-0.2, -0.15) is 22.0 Å². The molecule has 0 radical (unpaired) electrons. The van der Waals surface area contributed by atoms with Gasteiger partial charge in [0.15, 0.2) is 0 Å². The molecule has 0 aromatic rings. The van der Waals surface area contributed by atoms with Crippen LogP contribution in [-0.4, -0.2) is 24.6 Å². The molecule has 0 aliphatic rings. The standard InChI is InChI=1S/C4H2F7O.Na/c5-2(6,1-12)3(7,8)4(9,10)11;/h1H2;/q-1;+1. The summed E-state index contributed by atoms with van der Waals surface area (Å²) in [6.45, 7) is -2.81. The molecule has 0 aromatic carbocycles. The zero-order valence-corrected chi connectivity index (χ0v) is 8.26. The van der Waals surface area contributed by atoms with Crippen molar-refractivity contribution in [3.63, 3.8) is 0 Å². The molecular weight excluding hydrogens is 220 g/mol. The maximum Gasteiger partial charge on any atom is 1.00 e. The molecule has 0 aliphatic carbocycles. The second-order valence-corrected chi connectivity index (χ2v) is 1.92. The van der Waals surface area contributed by atoms with Crippen LogP contribution < -0.4 is 34.7 Å². The molecule has 0 rings (SSSR count). The zero-order chi connectivity index (χ0) is 10.2. The van der Waals surface area contributed by atoms with Gasteiger partial charge < -0.3 is 5.11 Å². The van der Waals surface area contributed by atoms with Gasteiger partial charge in [-0.05, 0) is 0 Å². The maximum atomic E-state index is 11.6. The molecular formula is C4H2F7NaO.